The van der Waals surface area contributed by atoms with Gasteiger partial charge in [0.15, 0.2) is 0 Å². The van der Waals surface area contributed by atoms with E-state index in [1.54, 1.807) is 0 Å². The van der Waals surface area contributed by atoms with Crippen molar-refractivity contribution in [3.63, 3.8) is 0 Å². The summed E-state index contributed by atoms with van der Waals surface area (Å²) in [5, 5.41) is 3.48. The molecule has 2 atom stereocenters. The van der Waals surface area contributed by atoms with E-state index >= 15 is 0 Å². The van der Waals surface area contributed by atoms with E-state index in [1.165, 1.54) is 25.7 Å². The number of nitrogens with one attached hydrogen (secondary N) is 1. The van der Waals surface area contributed by atoms with Gasteiger partial charge in [-0.05, 0) is 44.2 Å². The van der Waals surface area contributed by atoms with E-state index in [4.69, 9.17) is 5.73 Å². The molecule has 0 spiro atoms. The molecule has 3 N–H and O–H groups in total. The van der Waals surface area contributed by atoms with Crippen LogP contribution < -0.4 is 11.1 Å². The first-order valence-electron chi connectivity index (χ1n) is 5.66. The van der Waals surface area contributed by atoms with Crippen LogP contribution in [0.25, 0.3) is 0 Å². The molecule has 2 nitrogen and oxygen atoms in total. The predicted octanol–water partition coefficient (Wildman–Crippen LogP) is 1.75. The summed E-state index contributed by atoms with van der Waals surface area (Å²) < 4.78 is 0. The van der Waals surface area contributed by atoms with Crippen molar-refractivity contribution in [3.8, 4) is 0 Å². The average molecular weight is 184 g/mol. The van der Waals surface area contributed by atoms with Gasteiger partial charge in [-0.1, -0.05) is 20.3 Å². The molecule has 78 valence electrons. The highest BCUT2D eigenvalue weighted by molar-refractivity contribution is 4.80. The van der Waals surface area contributed by atoms with Crippen molar-refractivity contribution in [1.82, 2.24) is 5.32 Å². The molecule has 0 aromatic rings. The van der Waals surface area contributed by atoms with Crippen molar-refractivity contribution in [2.45, 2.75) is 45.6 Å². The fourth-order valence-corrected chi connectivity index (χ4v) is 2.10. The molecule has 0 bridgehead atoms. The summed E-state index contributed by atoms with van der Waals surface area (Å²) in [5.74, 6) is 1.55. The van der Waals surface area contributed by atoms with Gasteiger partial charge in [0.2, 0.25) is 0 Å². The van der Waals surface area contributed by atoms with Crippen LogP contribution in [-0.2, 0) is 0 Å². The second-order valence-corrected chi connectivity index (χ2v) is 4.74. The van der Waals surface area contributed by atoms with Crippen molar-refractivity contribution in [3.05, 3.63) is 0 Å². The molecule has 0 aromatic heterocycles. The highest BCUT2D eigenvalue weighted by Gasteiger charge is 2.22. The van der Waals surface area contributed by atoms with Crippen molar-refractivity contribution in [1.29, 1.82) is 0 Å². The molecule has 1 aliphatic rings. The van der Waals surface area contributed by atoms with E-state index in [0.29, 0.717) is 6.04 Å². The van der Waals surface area contributed by atoms with Crippen LogP contribution in [0, 0.1) is 11.8 Å². The maximum absolute atomic E-state index is 5.99. The van der Waals surface area contributed by atoms with Crippen molar-refractivity contribution >= 4 is 0 Å². The Labute approximate surface area is 82.3 Å². The van der Waals surface area contributed by atoms with Gasteiger partial charge in [-0.15, -0.1) is 0 Å². The van der Waals surface area contributed by atoms with Crippen LogP contribution in [0.5, 0.6) is 0 Å². The fourth-order valence-electron chi connectivity index (χ4n) is 2.10. The van der Waals surface area contributed by atoms with E-state index in [-0.39, 0.29) is 0 Å². The minimum Gasteiger partial charge on any atom is -0.327 e. The monoisotopic (exact) mass is 184 g/mol. The number of hydrogen-bond acceptors (Lipinski definition) is 2. The average Bonchev–Trinajstić information content (AvgIpc) is 2.45. The number of nitrogens with two attached hydrogens (primary N) is 1. The lowest BCUT2D eigenvalue weighted by molar-refractivity contribution is 0.422. The third kappa shape index (κ3) is 4.10. The Morgan fingerprint density at radius 1 is 1.38 bits per heavy atom. The van der Waals surface area contributed by atoms with Crippen LogP contribution in [0.15, 0.2) is 0 Å². The summed E-state index contributed by atoms with van der Waals surface area (Å²) in [6, 6.07) is 0.487. The first-order chi connectivity index (χ1) is 6.20. The zero-order chi connectivity index (χ0) is 9.68. The summed E-state index contributed by atoms with van der Waals surface area (Å²) in [4.78, 5) is 0. The van der Waals surface area contributed by atoms with Gasteiger partial charge >= 0.3 is 0 Å². The van der Waals surface area contributed by atoms with Crippen LogP contribution >= 0.6 is 0 Å². The molecule has 0 saturated heterocycles. The first kappa shape index (κ1) is 11.0. The summed E-state index contributed by atoms with van der Waals surface area (Å²) in [5.41, 5.74) is 5.99. The Hall–Kier alpha value is -0.0800. The van der Waals surface area contributed by atoms with Gasteiger partial charge in [0, 0.05) is 6.04 Å². The molecular weight excluding hydrogens is 160 g/mol. The minimum absolute atomic E-state index is 0.487. The molecule has 1 rings (SSSR count). The summed E-state index contributed by atoms with van der Waals surface area (Å²) >= 11 is 0. The molecule has 13 heavy (non-hydrogen) atoms. The Kier molecular flexibility index (Phi) is 4.74. The lowest BCUT2D eigenvalue weighted by Gasteiger charge is -2.15. The summed E-state index contributed by atoms with van der Waals surface area (Å²) in [7, 11) is 0. The van der Waals surface area contributed by atoms with Gasteiger partial charge in [-0.2, -0.15) is 0 Å². The van der Waals surface area contributed by atoms with E-state index in [2.05, 4.69) is 19.2 Å². The van der Waals surface area contributed by atoms with E-state index in [9.17, 15) is 0 Å². The highest BCUT2D eigenvalue weighted by Crippen LogP contribution is 2.26. The van der Waals surface area contributed by atoms with Crippen LogP contribution in [0.4, 0.5) is 0 Å². The Morgan fingerprint density at radius 3 is 2.69 bits per heavy atom. The standard InChI is InChI=1S/C11H24N2/c1-9(2)8-13-7-6-10-4-3-5-11(10)12/h9-11,13H,3-8,12H2,1-2H3/t10-,11-/m0/s1. The Morgan fingerprint density at radius 2 is 2.15 bits per heavy atom. The third-order valence-electron chi connectivity index (χ3n) is 2.96. The highest BCUT2D eigenvalue weighted by atomic mass is 14.9. The molecule has 0 aliphatic heterocycles. The van der Waals surface area contributed by atoms with Gasteiger partial charge in [0.25, 0.3) is 0 Å². The summed E-state index contributed by atoms with van der Waals surface area (Å²) in [6.07, 6.45) is 5.21. The topological polar surface area (TPSA) is 38.0 Å². The second-order valence-electron chi connectivity index (χ2n) is 4.74. The van der Waals surface area contributed by atoms with Crippen LogP contribution in [-0.4, -0.2) is 19.1 Å². The van der Waals surface area contributed by atoms with E-state index in [0.717, 1.165) is 24.9 Å². The van der Waals surface area contributed by atoms with Crippen molar-refractivity contribution < 1.29 is 0 Å². The Bertz CT molecular complexity index is 134. The summed E-state index contributed by atoms with van der Waals surface area (Å²) in [6.45, 7) is 6.78. The van der Waals surface area contributed by atoms with Crippen LogP contribution in [0.2, 0.25) is 0 Å². The lowest BCUT2D eigenvalue weighted by Crippen LogP contribution is -2.29. The Balaban J connectivity index is 1.99. The number of rotatable bonds is 5. The van der Waals surface area contributed by atoms with Gasteiger partial charge in [-0.25, -0.2) is 0 Å². The quantitative estimate of drug-likeness (QED) is 0.639. The van der Waals surface area contributed by atoms with Gasteiger partial charge in [0.1, 0.15) is 0 Å². The normalized spacial score (nSPS) is 28.6. The molecule has 0 unspecified atom stereocenters. The van der Waals surface area contributed by atoms with Crippen molar-refractivity contribution in [2.75, 3.05) is 13.1 Å². The molecular formula is C11H24N2. The third-order valence-corrected chi connectivity index (χ3v) is 2.96. The molecule has 0 heterocycles. The lowest BCUT2D eigenvalue weighted by atomic mass is 10.0. The molecule has 0 amide bonds. The maximum Gasteiger partial charge on any atom is 0.00676 e. The minimum atomic E-state index is 0.487. The number of hydrogen-bond donors (Lipinski definition) is 2. The second kappa shape index (κ2) is 5.61. The fraction of sp³-hybridized carbons (Fsp3) is 1.00. The van der Waals surface area contributed by atoms with E-state index < -0.39 is 0 Å². The molecule has 1 fully saturated rings. The SMILES string of the molecule is CC(C)CNCC[C@@H]1CCC[C@@H]1N. The molecule has 2 heteroatoms. The zero-order valence-corrected chi connectivity index (χ0v) is 9.05. The van der Waals surface area contributed by atoms with Gasteiger partial charge in [-0.3, -0.25) is 0 Å². The van der Waals surface area contributed by atoms with Gasteiger partial charge < -0.3 is 11.1 Å². The first-order valence-corrected chi connectivity index (χ1v) is 5.66. The van der Waals surface area contributed by atoms with Gasteiger partial charge in [0.05, 0.1) is 0 Å². The predicted molar refractivity (Wildman–Crippen MR) is 57.6 cm³/mol. The smallest absolute Gasteiger partial charge is 0.00676 e. The van der Waals surface area contributed by atoms with Crippen LogP contribution in [0.3, 0.4) is 0 Å². The van der Waals surface area contributed by atoms with Crippen LogP contribution in [0.1, 0.15) is 39.5 Å². The molecule has 0 aromatic carbocycles. The van der Waals surface area contributed by atoms with Crippen molar-refractivity contribution in [2.24, 2.45) is 17.6 Å². The largest absolute Gasteiger partial charge is 0.327 e. The zero-order valence-electron chi connectivity index (χ0n) is 9.05. The molecule has 0 radical (unpaired) electrons. The maximum atomic E-state index is 5.99. The molecule has 1 saturated carbocycles. The van der Waals surface area contributed by atoms with E-state index in [1.807, 2.05) is 0 Å². The molecule has 1 aliphatic carbocycles.